The molecular formula is C23H42O8. The van der Waals surface area contributed by atoms with Crippen LogP contribution in [-0.2, 0) is 37.9 Å². The second kappa shape index (κ2) is 10.3. The fourth-order valence-corrected chi connectivity index (χ4v) is 5.49. The number of epoxide rings is 1. The van der Waals surface area contributed by atoms with Crippen LogP contribution in [0.4, 0.5) is 0 Å². The standard InChI is InChI=1S/C23H42O8/c1-8-21(26-5)14-29-18(21)10-16(12-24-3)20-23(28-7,31-20)17(13-25-4)11-19-22(9-2,27-6)15-30-19/h16-20H,8-15H2,1-7H3. The molecule has 0 N–H and O–H groups in total. The second-order valence-electron chi connectivity index (χ2n) is 9.15. The summed E-state index contributed by atoms with van der Waals surface area (Å²) in [5.74, 6) is -0.591. The molecular weight excluding hydrogens is 404 g/mol. The van der Waals surface area contributed by atoms with Crippen LogP contribution in [0.15, 0.2) is 0 Å². The Morgan fingerprint density at radius 2 is 1.32 bits per heavy atom. The maximum Gasteiger partial charge on any atom is 0.200 e. The van der Waals surface area contributed by atoms with Gasteiger partial charge in [-0.2, -0.15) is 0 Å². The highest BCUT2D eigenvalue weighted by molar-refractivity contribution is 5.08. The predicted molar refractivity (Wildman–Crippen MR) is 114 cm³/mol. The summed E-state index contributed by atoms with van der Waals surface area (Å²) in [6.45, 7) is 6.61. The molecule has 8 unspecified atom stereocenters. The van der Waals surface area contributed by atoms with Crippen molar-refractivity contribution in [3.8, 4) is 0 Å². The lowest BCUT2D eigenvalue weighted by molar-refractivity contribution is -0.262. The van der Waals surface area contributed by atoms with E-state index in [1.165, 1.54) is 0 Å². The van der Waals surface area contributed by atoms with Crippen molar-refractivity contribution < 1.29 is 37.9 Å². The zero-order chi connectivity index (χ0) is 22.7. The quantitative estimate of drug-likeness (QED) is 0.355. The molecule has 0 amide bonds. The van der Waals surface area contributed by atoms with E-state index in [4.69, 9.17) is 37.9 Å². The minimum absolute atomic E-state index is 0.00315. The van der Waals surface area contributed by atoms with E-state index in [-0.39, 0.29) is 41.3 Å². The molecule has 3 saturated heterocycles. The van der Waals surface area contributed by atoms with Crippen LogP contribution in [0.3, 0.4) is 0 Å². The van der Waals surface area contributed by atoms with E-state index in [0.717, 1.165) is 25.7 Å². The summed E-state index contributed by atoms with van der Waals surface area (Å²) in [6, 6.07) is 0. The average Bonchev–Trinajstić information content (AvgIpc) is 3.50. The highest BCUT2D eigenvalue weighted by Gasteiger charge is 2.67. The van der Waals surface area contributed by atoms with Crippen LogP contribution in [0, 0.1) is 11.8 Å². The summed E-state index contributed by atoms with van der Waals surface area (Å²) in [6.07, 6.45) is 3.27. The molecule has 8 nitrogen and oxygen atoms in total. The third kappa shape index (κ3) is 4.43. The van der Waals surface area contributed by atoms with Crippen LogP contribution >= 0.6 is 0 Å². The van der Waals surface area contributed by atoms with Crippen molar-refractivity contribution in [2.45, 2.75) is 74.8 Å². The zero-order valence-electron chi connectivity index (χ0n) is 20.3. The number of methoxy groups -OCH3 is 5. The molecule has 0 spiro atoms. The lowest BCUT2D eigenvalue weighted by atomic mass is 9.78. The average molecular weight is 447 g/mol. The van der Waals surface area contributed by atoms with Gasteiger partial charge in [-0.1, -0.05) is 13.8 Å². The molecule has 0 saturated carbocycles. The smallest absolute Gasteiger partial charge is 0.200 e. The third-order valence-electron chi connectivity index (χ3n) is 7.97. The molecule has 31 heavy (non-hydrogen) atoms. The Balaban J connectivity index is 1.72. The lowest BCUT2D eigenvalue weighted by Gasteiger charge is -2.49. The highest BCUT2D eigenvalue weighted by atomic mass is 16.8. The van der Waals surface area contributed by atoms with Gasteiger partial charge in [0.25, 0.3) is 0 Å². The minimum atomic E-state index is -0.725. The Morgan fingerprint density at radius 1 is 0.774 bits per heavy atom. The fraction of sp³-hybridized carbons (Fsp3) is 1.00. The predicted octanol–water partition coefficient (Wildman–Crippen LogP) is 2.42. The summed E-state index contributed by atoms with van der Waals surface area (Å²) in [5.41, 5.74) is -0.461. The van der Waals surface area contributed by atoms with Gasteiger partial charge < -0.3 is 37.9 Å². The molecule has 3 rings (SSSR count). The third-order valence-corrected chi connectivity index (χ3v) is 7.97. The van der Waals surface area contributed by atoms with Crippen LogP contribution in [-0.4, -0.2) is 97.3 Å². The van der Waals surface area contributed by atoms with E-state index >= 15 is 0 Å². The Kier molecular flexibility index (Phi) is 8.41. The van der Waals surface area contributed by atoms with Crippen LogP contribution in [0.1, 0.15) is 39.5 Å². The Hall–Kier alpha value is -0.320. The van der Waals surface area contributed by atoms with E-state index in [0.29, 0.717) is 26.4 Å². The normalized spacial score (nSPS) is 41.3. The van der Waals surface area contributed by atoms with Gasteiger partial charge in [-0.15, -0.1) is 0 Å². The fourth-order valence-electron chi connectivity index (χ4n) is 5.49. The van der Waals surface area contributed by atoms with Crippen molar-refractivity contribution >= 4 is 0 Å². The Bertz CT molecular complexity index is 553. The maximum atomic E-state index is 6.32. The van der Waals surface area contributed by atoms with Crippen molar-refractivity contribution in [2.24, 2.45) is 11.8 Å². The molecule has 0 radical (unpaired) electrons. The zero-order valence-corrected chi connectivity index (χ0v) is 20.3. The molecule has 0 bridgehead atoms. The summed E-state index contributed by atoms with van der Waals surface area (Å²) in [5, 5.41) is 0. The number of ether oxygens (including phenoxy) is 8. The van der Waals surface area contributed by atoms with Crippen LogP contribution in [0.25, 0.3) is 0 Å². The lowest BCUT2D eigenvalue weighted by Crippen LogP contribution is -2.61. The van der Waals surface area contributed by atoms with Crippen molar-refractivity contribution in [1.82, 2.24) is 0 Å². The van der Waals surface area contributed by atoms with Crippen molar-refractivity contribution in [1.29, 1.82) is 0 Å². The van der Waals surface area contributed by atoms with E-state index in [1.807, 2.05) is 0 Å². The molecule has 3 aliphatic heterocycles. The Morgan fingerprint density at radius 3 is 1.71 bits per heavy atom. The van der Waals surface area contributed by atoms with Gasteiger partial charge in [-0.25, -0.2) is 0 Å². The van der Waals surface area contributed by atoms with Crippen molar-refractivity contribution in [3.63, 3.8) is 0 Å². The van der Waals surface area contributed by atoms with Gasteiger partial charge >= 0.3 is 0 Å². The van der Waals surface area contributed by atoms with Crippen molar-refractivity contribution in [2.75, 3.05) is 62.0 Å². The molecule has 0 aliphatic carbocycles. The SMILES string of the molecule is CCC1(OC)COC1CC(COC)C1OC1(OC)C(COC)CC1OCC1(CC)OC. The van der Waals surface area contributed by atoms with E-state index in [9.17, 15) is 0 Å². The van der Waals surface area contributed by atoms with Gasteiger partial charge in [0.2, 0.25) is 5.79 Å². The number of rotatable bonds is 15. The number of hydrogen-bond acceptors (Lipinski definition) is 8. The Labute approximate surface area is 187 Å². The molecule has 182 valence electrons. The first-order valence-electron chi connectivity index (χ1n) is 11.5. The summed E-state index contributed by atoms with van der Waals surface area (Å²) >= 11 is 0. The topological polar surface area (TPSA) is 77.1 Å². The minimum Gasteiger partial charge on any atom is -0.384 e. The van der Waals surface area contributed by atoms with Crippen LogP contribution in [0.5, 0.6) is 0 Å². The number of hydrogen-bond donors (Lipinski definition) is 0. The molecule has 3 fully saturated rings. The van der Waals surface area contributed by atoms with E-state index in [2.05, 4.69) is 13.8 Å². The summed E-state index contributed by atoms with van der Waals surface area (Å²) in [7, 11) is 8.67. The summed E-state index contributed by atoms with van der Waals surface area (Å²) < 4.78 is 46.9. The molecule has 3 heterocycles. The first-order valence-corrected chi connectivity index (χ1v) is 11.5. The van der Waals surface area contributed by atoms with Crippen LogP contribution < -0.4 is 0 Å². The highest BCUT2D eigenvalue weighted by Crippen LogP contribution is 2.53. The molecule has 8 atom stereocenters. The van der Waals surface area contributed by atoms with Gasteiger partial charge in [0.1, 0.15) is 17.3 Å². The second-order valence-corrected chi connectivity index (χ2v) is 9.15. The maximum absolute atomic E-state index is 6.32. The first kappa shape index (κ1) is 25.3. The van der Waals surface area contributed by atoms with Crippen molar-refractivity contribution in [3.05, 3.63) is 0 Å². The van der Waals surface area contributed by atoms with E-state index in [1.54, 1.807) is 35.5 Å². The first-order chi connectivity index (χ1) is 14.9. The molecule has 0 aromatic heterocycles. The van der Waals surface area contributed by atoms with Gasteiger partial charge in [-0.05, 0) is 25.7 Å². The summed E-state index contributed by atoms with van der Waals surface area (Å²) in [4.78, 5) is 0. The van der Waals surface area contributed by atoms with Gasteiger partial charge in [-0.3, -0.25) is 0 Å². The largest absolute Gasteiger partial charge is 0.384 e. The molecule has 3 aliphatic rings. The van der Waals surface area contributed by atoms with Gasteiger partial charge in [0.05, 0.1) is 38.6 Å². The monoisotopic (exact) mass is 446 g/mol. The molecule has 0 aromatic carbocycles. The van der Waals surface area contributed by atoms with Gasteiger partial charge in [0.15, 0.2) is 0 Å². The van der Waals surface area contributed by atoms with Crippen LogP contribution in [0.2, 0.25) is 0 Å². The van der Waals surface area contributed by atoms with Gasteiger partial charge in [0, 0.05) is 47.4 Å². The van der Waals surface area contributed by atoms with E-state index < -0.39 is 5.79 Å². The molecule has 0 aromatic rings. The molecule has 8 heteroatoms.